The van der Waals surface area contributed by atoms with Crippen LogP contribution in [0, 0.1) is 0 Å². The Morgan fingerprint density at radius 2 is 1.86 bits per heavy atom. The monoisotopic (exact) mass is 325 g/mol. The van der Waals surface area contributed by atoms with Crippen molar-refractivity contribution in [1.82, 2.24) is 9.80 Å². The van der Waals surface area contributed by atoms with Crippen molar-refractivity contribution in [3.05, 3.63) is 29.8 Å². The molecule has 1 fully saturated rings. The molecule has 1 aromatic carbocycles. The highest BCUT2D eigenvalue weighted by Gasteiger charge is 2.22. The zero-order chi connectivity index (χ0) is 16.3. The van der Waals surface area contributed by atoms with Crippen LogP contribution in [-0.4, -0.2) is 70.2 Å². The molecule has 2 rings (SSSR count). The van der Waals surface area contributed by atoms with E-state index in [-0.39, 0.29) is 11.7 Å². The number of hydrogen-bond acceptors (Lipinski definition) is 4. The minimum atomic E-state index is -3.32. The van der Waals surface area contributed by atoms with Crippen LogP contribution in [0.25, 0.3) is 0 Å². The Balaban J connectivity index is 2.19. The topological polar surface area (TPSA) is 60.9 Å². The Bertz CT molecular complexity index is 637. The lowest BCUT2D eigenvalue weighted by molar-refractivity contribution is 0.0664. The molecule has 0 spiro atoms. The molecule has 0 aromatic heterocycles. The van der Waals surface area contributed by atoms with Gasteiger partial charge in [0.15, 0.2) is 0 Å². The summed E-state index contributed by atoms with van der Waals surface area (Å²) in [6, 6.07) is 6.80. The number of amides is 1. The van der Waals surface area contributed by atoms with Crippen LogP contribution in [0.1, 0.15) is 17.3 Å². The first kappa shape index (κ1) is 16.8. The first-order valence-electron chi connectivity index (χ1n) is 7.39. The number of anilines is 1. The second-order valence-corrected chi connectivity index (χ2v) is 7.80. The van der Waals surface area contributed by atoms with Crippen molar-refractivity contribution in [2.24, 2.45) is 0 Å². The van der Waals surface area contributed by atoms with E-state index < -0.39 is 10.0 Å². The van der Waals surface area contributed by atoms with Crippen LogP contribution in [0.2, 0.25) is 0 Å². The number of hydrogen-bond donors (Lipinski definition) is 0. The van der Waals surface area contributed by atoms with Gasteiger partial charge >= 0.3 is 0 Å². The predicted octanol–water partition coefficient (Wildman–Crippen LogP) is 0.860. The number of rotatable bonds is 4. The Hall–Kier alpha value is -1.60. The van der Waals surface area contributed by atoms with Crippen LogP contribution in [0.3, 0.4) is 0 Å². The number of nitrogens with zero attached hydrogens (tertiary/aromatic N) is 3. The van der Waals surface area contributed by atoms with E-state index in [9.17, 15) is 13.2 Å². The first-order chi connectivity index (χ1) is 10.3. The molecule has 1 aliphatic rings. The summed E-state index contributed by atoms with van der Waals surface area (Å²) in [4.78, 5) is 16.5. The van der Waals surface area contributed by atoms with Gasteiger partial charge in [-0.2, -0.15) is 0 Å². The molecular formula is C15H23N3O3S. The fourth-order valence-electron chi connectivity index (χ4n) is 2.38. The van der Waals surface area contributed by atoms with Crippen molar-refractivity contribution >= 4 is 21.6 Å². The molecule has 0 radical (unpaired) electrons. The molecule has 1 amide bonds. The summed E-state index contributed by atoms with van der Waals surface area (Å²) in [7, 11) is 0.223. The van der Waals surface area contributed by atoms with Gasteiger partial charge in [0.05, 0.1) is 11.4 Å². The molecule has 22 heavy (non-hydrogen) atoms. The summed E-state index contributed by atoms with van der Waals surface area (Å²) in [5, 5.41) is 0. The van der Waals surface area contributed by atoms with Crippen LogP contribution in [-0.2, 0) is 10.0 Å². The highest BCUT2D eigenvalue weighted by molar-refractivity contribution is 7.92. The lowest BCUT2D eigenvalue weighted by Crippen LogP contribution is -2.47. The molecule has 6 nitrogen and oxygen atoms in total. The summed E-state index contributed by atoms with van der Waals surface area (Å²) in [5.74, 6) is -0.0163. The normalized spacial score (nSPS) is 16.6. The van der Waals surface area contributed by atoms with E-state index in [2.05, 4.69) is 4.90 Å². The van der Waals surface area contributed by atoms with E-state index in [1.54, 1.807) is 31.2 Å². The van der Waals surface area contributed by atoms with E-state index >= 15 is 0 Å². The van der Waals surface area contributed by atoms with E-state index in [1.807, 2.05) is 11.9 Å². The van der Waals surface area contributed by atoms with Gasteiger partial charge in [0.1, 0.15) is 0 Å². The SMILES string of the molecule is CCS(=O)(=O)N(C)c1cccc(C(=O)N2CCN(C)CC2)c1. The summed E-state index contributed by atoms with van der Waals surface area (Å²) in [6.07, 6.45) is 0. The zero-order valence-corrected chi connectivity index (χ0v) is 14.1. The van der Waals surface area contributed by atoms with Crippen molar-refractivity contribution in [1.29, 1.82) is 0 Å². The smallest absolute Gasteiger partial charge is 0.254 e. The van der Waals surface area contributed by atoms with Crippen molar-refractivity contribution in [2.75, 3.05) is 50.3 Å². The molecule has 0 bridgehead atoms. The summed E-state index contributed by atoms with van der Waals surface area (Å²) in [6.45, 7) is 4.71. The number of benzene rings is 1. The number of piperazine rings is 1. The molecule has 0 atom stereocenters. The average molecular weight is 325 g/mol. The fraction of sp³-hybridized carbons (Fsp3) is 0.533. The molecule has 1 saturated heterocycles. The van der Waals surface area contributed by atoms with Gasteiger partial charge in [-0.3, -0.25) is 9.10 Å². The first-order valence-corrected chi connectivity index (χ1v) is 9.00. The third-order valence-corrected chi connectivity index (χ3v) is 5.80. The third kappa shape index (κ3) is 3.59. The molecule has 0 aliphatic carbocycles. The van der Waals surface area contributed by atoms with Gasteiger partial charge in [-0.1, -0.05) is 6.07 Å². The summed E-state index contributed by atoms with van der Waals surface area (Å²) >= 11 is 0. The fourth-order valence-corrected chi connectivity index (χ4v) is 3.20. The molecule has 0 saturated carbocycles. The molecular weight excluding hydrogens is 302 g/mol. The quantitative estimate of drug-likeness (QED) is 0.824. The Morgan fingerprint density at radius 3 is 2.45 bits per heavy atom. The van der Waals surface area contributed by atoms with Gasteiger partial charge in [-0.15, -0.1) is 0 Å². The number of carbonyl (C=O) groups is 1. The largest absolute Gasteiger partial charge is 0.336 e. The average Bonchev–Trinajstić information content (AvgIpc) is 2.54. The Kier molecular flexibility index (Phi) is 5.08. The molecule has 0 N–H and O–H groups in total. The summed E-state index contributed by atoms with van der Waals surface area (Å²) in [5.41, 5.74) is 1.04. The van der Waals surface area contributed by atoms with E-state index in [0.717, 1.165) is 13.1 Å². The Labute approximate surface area is 132 Å². The third-order valence-electron chi connectivity index (χ3n) is 4.03. The zero-order valence-electron chi connectivity index (χ0n) is 13.3. The lowest BCUT2D eigenvalue weighted by atomic mass is 10.1. The predicted molar refractivity (Wildman–Crippen MR) is 87.7 cm³/mol. The van der Waals surface area contributed by atoms with Gasteiger partial charge in [0.2, 0.25) is 10.0 Å². The van der Waals surface area contributed by atoms with Gasteiger partial charge in [-0.05, 0) is 32.2 Å². The second kappa shape index (κ2) is 6.66. The van der Waals surface area contributed by atoms with Crippen molar-refractivity contribution in [2.45, 2.75) is 6.92 Å². The van der Waals surface area contributed by atoms with Crippen LogP contribution in [0.5, 0.6) is 0 Å². The lowest BCUT2D eigenvalue weighted by Gasteiger charge is -2.32. The highest BCUT2D eigenvalue weighted by atomic mass is 32.2. The molecule has 1 aliphatic heterocycles. The van der Waals surface area contributed by atoms with Gasteiger partial charge in [0.25, 0.3) is 5.91 Å². The molecule has 1 aromatic rings. The van der Waals surface area contributed by atoms with Crippen LogP contribution < -0.4 is 4.31 Å². The van der Waals surface area contributed by atoms with E-state index in [4.69, 9.17) is 0 Å². The number of sulfonamides is 1. The van der Waals surface area contributed by atoms with Crippen molar-refractivity contribution in [3.8, 4) is 0 Å². The molecule has 122 valence electrons. The van der Waals surface area contributed by atoms with Gasteiger partial charge < -0.3 is 9.80 Å². The van der Waals surface area contributed by atoms with Gasteiger partial charge in [0, 0.05) is 38.8 Å². The minimum Gasteiger partial charge on any atom is -0.336 e. The van der Waals surface area contributed by atoms with E-state index in [1.165, 1.54) is 11.4 Å². The second-order valence-electron chi connectivity index (χ2n) is 5.51. The molecule has 0 unspecified atom stereocenters. The minimum absolute atomic E-state index is 0.0279. The maximum absolute atomic E-state index is 12.5. The number of carbonyl (C=O) groups excluding carboxylic acids is 1. The van der Waals surface area contributed by atoms with Crippen LogP contribution in [0.15, 0.2) is 24.3 Å². The maximum Gasteiger partial charge on any atom is 0.254 e. The van der Waals surface area contributed by atoms with Gasteiger partial charge in [-0.25, -0.2) is 8.42 Å². The summed E-state index contributed by atoms with van der Waals surface area (Å²) < 4.78 is 25.1. The Morgan fingerprint density at radius 1 is 1.23 bits per heavy atom. The highest BCUT2D eigenvalue weighted by Crippen LogP contribution is 2.19. The maximum atomic E-state index is 12.5. The standard InChI is InChI=1S/C15H23N3O3S/c1-4-22(20,21)17(3)14-7-5-6-13(12-14)15(19)18-10-8-16(2)9-11-18/h5-7,12H,4,8-11H2,1-3H3. The van der Waals surface area contributed by atoms with Crippen LogP contribution >= 0.6 is 0 Å². The van der Waals surface area contributed by atoms with Crippen LogP contribution in [0.4, 0.5) is 5.69 Å². The van der Waals surface area contributed by atoms with Crippen molar-refractivity contribution in [3.63, 3.8) is 0 Å². The van der Waals surface area contributed by atoms with E-state index in [0.29, 0.717) is 24.3 Å². The van der Waals surface area contributed by atoms with Crippen molar-refractivity contribution < 1.29 is 13.2 Å². The number of likely N-dealkylation sites (N-methyl/N-ethyl adjacent to an activating group) is 1. The molecule has 7 heteroatoms. The molecule has 1 heterocycles.